The molecule has 15 heavy (non-hydrogen) atoms. The average Bonchev–Trinajstić information content (AvgIpc) is 2.00. The third kappa shape index (κ3) is 4.23. The van der Waals surface area contributed by atoms with E-state index < -0.39 is 34.7 Å². The molecular formula is C6H11NO7S. The summed E-state index contributed by atoms with van der Waals surface area (Å²) in [6.07, 6.45) is -0.914. The van der Waals surface area contributed by atoms with Gasteiger partial charge < -0.3 is 10.2 Å². The van der Waals surface area contributed by atoms with E-state index in [9.17, 15) is 18.0 Å². The van der Waals surface area contributed by atoms with E-state index in [2.05, 4.69) is 0 Å². The van der Waals surface area contributed by atoms with Gasteiger partial charge in [0.2, 0.25) is 0 Å². The lowest BCUT2D eigenvalue weighted by Crippen LogP contribution is -2.45. The topological polar surface area (TPSA) is 132 Å². The van der Waals surface area contributed by atoms with Crippen LogP contribution in [0.1, 0.15) is 13.3 Å². The van der Waals surface area contributed by atoms with Gasteiger partial charge in [0.15, 0.2) is 0 Å². The van der Waals surface area contributed by atoms with Gasteiger partial charge in [0, 0.05) is 6.54 Å². The third-order valence-electron chi connectivity index (χ3n) is 1.61. The van der Waals surface area contributed by atoms with Gasteiger partial charge in [0.25, 0.3) is 0 Å². The fourth-order valence-corrected chi connectivity index (χ4v) is 1.83. The molecule has 0 fully saturated rings. The van der Waals surface area contributed by atoms with Crippen molar-refractivity contribution in [1.29, 1.82) is 0 Å². The van der Waals surface area contributed by atoms with E-state index in [4.69, 9.17) is 14.8 Å². The van der Waals surface area contributed by atoms with Crippen LogP contribution in [0.2, 0.25) is 0 Å². The summed E-state index contributed by atoms with van der Waals surface area (Å²) in [6, 6.07) is -1.80. The summed E-state index contributed by atoms with van der Waals surface area (Å²) in [4.78, 5) is 20.9. The molecule has 0 rings (SSSR count). The van der Waals surface area contributed by atoms with E-state index >= 15 is 0 Å². The molecule has 0 aliphatic rings. The first kappa shape index (κ1) is 13.8. The number of carbonyl (C=O) groups is 2. The van der Waals surface area contributed by atoms with Crippen LogP contribution in [-0.2, 0) is 19.9 Å². The van der Waals surface area contributed by atoms with Crippen LogP contribution in [0.3, 0.4) is 0 Å². The molecule has 0 aliphatic carbocycles. The maximum absolute atomic E-state index is 10.7. The Bertz CT molecular complexity index is 348. The second-order valence-electron chi connectivity index (χ2n) is 2.63. The van der Waals surface area contributed by atoms with Crippen LogP contribution in [0.25, 0.3) is 0 Å². The molecule has 8 nitrogen and oxygen atoms in total. The van der Waals surface area contributed by atoms with Crippen LogP contribution in [0.4, 0.5) is 0 Å². The Morgan fingerprint density at radius 2 is 1.80 bits per heavy atom. The van der Waals surface area contributed by atoms with E-state index in [0.29, 0.717) is 0 Å². The first-order valence-corrected chi connectivity index (χ1v) is 5.28. The van der Waals surface area contributed by atoms with Crippen molar-refractivity contribution in [3.05, 3.63) is 0 Å². The highest BCUT2D eigenvalue weighted by Gasteiger charge is 2.34. The van der Waals surface area contributed by atoms with Crippen LogP contribution in [0.15, 0.2) is 0 Å². The van der Waals surface area contributed by atoms with Crippen molar-refractivity contribution in [2.24, 2.45) is 0 Å². The van der Waals surface area contributed by atoms with Crippen molar-refractivity contribution in [2.75, 3.05) is 6.54 Å². The molecule has 1 atom stereocenters. The molecule has 0 saturated heterocycles. The van der Waals surface area contributed by atoms with Crippen LogP contribution < -0.4 is 0 Å². The number of nitrogens with zero attached hydrogens (tertiary/aromatic N) is 1. The molecule has 0 radical (unpaired) electrons. The lowest BCUT2D eigenvalue weighted by atomic mass is 10.2. The SMILES string of the molecule is CCN([C@@H](CC(=O)O)C(=O)O)S(=O)(=O)O. The molecule has 0 aromatic heterocycles. The molecule has 0 bridgehead atoms. The number of carboxylic acids is 2. The summed E-state index contributed by atoms with van der Waals surface area (Å²) in [5.41, 5.74) is 0. The number of hydrogen-bond donors (Lipinski definition) is 3. The number of rotatable bonds is 6. The van der Waals surface area contributed by atoms with E-state index in [-0.39, 0.29) is 10.8 Å². The number of hydrogen-bond acceptors (Lipinski definition) is 4. The summed E-state index contributed by atoms with van der Waals surface area (Å²) in [5.74, 6) is -3.10. The first-order valence-electron chi connectivity index (χ1n) is 3.89. The minimum absolute atomic E-state index is 0.198. The Morgan fingerprint density at radius 1 is 1.33 bits per heavy atom. The summed E-state index contributed by atoms with van der Waals surface area (Å²) in [6.45, 7) is 0.953. The fraction of sp³-hybridized carbons (Fsp3) is 0.667. The van der Waals surface area contributed by atoms with Gasteiger partial charge in [-0.05, 0) is 0 Å². The lowest BCUT2D eigenvalue weighted by Gasteiger charge is -2.22. The zero-order valence-corrected chi connectivity index (χ0v) is 8.64. The Labute approximate surface area is 86.0 Å². The molecule has 0 spiro atoms. The van der Waals surface area contributed by atoms with Crippen LogP contribution in [0.5, 0.6) is 0 Å². The molecule has 0 saturated carbocycles. The van der Waals surface area contributed by atoms with E-state index in [1.165, 1.54) is 6.92 Å². The van der Waals surface area contributed by atoms with Crippen molar-refractivity contribution in [3.8, 4) is 0 Å². The van der Waals surface area contributed by atoms with Gasteiger partial charge in [-0.2, -0.15) is 12.7 Å². The minimum atomic E-state index is -4.72. The molecule has 0 aromatic carbocycles. The summed E-state index contributed by atoms with van der Waals surface area (Å²) in [5, 5.41) is 17.0. The highest BCUT2D eigenvalue weighted by atomic mass is 32.2. The average molecular weight is 241 g/mol. The number of carboxylic acid groups (broad SMARTS) is 2. The summed E-state index contributed by atoms with van der Waals surface area (Å²) < 4.78 is 30.3. The zero-order chi connectivity index (χ0) is 12.2. The van der Waals surface area contributed by atoms with Gasteiger partial charge in [-0.25, -0.2) is 0 Å². The van der Waals surface area contributed by atoms with E-state index in [1.54, 1.807) is 0 Å². The summed E-state index contributed by atoms with van der Waals surface area (Å²) >= 11 is 0. The van der Waals surface area contributed by atoms with Gasteiger partial charge >= 0.3 is 22.2 Å². The third-order valence-corrected chi connectivity index (χ3v) is 2.71. The normalized spacial score (nSPS) is 13.8. The zero-order valence-electron chi connectivity index (χ0n) is 7.82. The van der Waals surface area contributed by atoms with Crippen molar-refractivity contribution in [2.45, 2.75) is 19.4 Å². The molecule has 0 aliphatic heterocycles. The second kappa shape index (κ2) is 5.05. The predicted octanol–water partition coefficient (Wildman–Crippen LogP) is -0.961. The molecule has 3 N–H and O–H groups in total. The predicted molar refractivity (Wildman–Crippen MR) is 47.6 cm³/mol. The van der Waals surface area contributed by atoms with Crippen molar-refractivity contribution in [3.63, 3.8) is 0 Å². The number of likely N-dealkylation sites (N-methyl/N-ethyl adjacent to an activating group) is 1. The van der Waals surface area contributed by atoms with Gasteiger partial charge in [-0.3, -0.25) is 14.1 Å². The Morgan fingerprint density at radius 3 is 2.00 bits per heavy atom. The molecule has 0 heterocycles. The van der Waals surface area contributed by atoms with Crippen molar-refractivity contribution < 1.29 is 32.8 Å². The standard InChI is InChI=1S/C6H11NO7S/c1-2-7(15(12,13)14)4(6(10)11)3-5(8)9/h4H,2-3H2,1H3,(H,8,9)(H,10,11)(H,12,13,14)/t4-/m0/s1. The minimum Gasteiger partial charge on any atom is -0.481 e. The summed E-state index contributed by atoms with van der Waals surface area (Å²) in [7, 11) is -4.72. The van der Waals surface area contributed by atoms with Crippen molar-refractivity contribution >= 4 is 22.2 Å². The monoisotopic (exact) mass is 241 g/mol. The van der Waals surface area contributed by atoms with Gasteiger partial charge in [-0.1, -0.05) is 6.92 Å². The first-order chi connectivity index (χ1) is 6.70. The molecule has 88 valence electrons. The van der Waals surface area contributed by atoms with Crippen molar-refractivity contribution in [1.82, 2.24) is 4.31 Å². The molecule has 0 aromatic rings. The fourth-order valence-electron chi connectivity index (χ4n) is 1.02. The van der Waals surface area contributed by atoms with Gasteiger partial charge in [-0.15, -0.1) is 0 Å². The molecule has 9 heteroatoms. The molecule has 0 unspecified atom stereocenters. The quantitative estimate of drug-likeness (QED) is 0.510. The molecular weight excluding hydrogens is 230 g/mol. The maximum atomic E-state index is 10.7. The Hall–Kier alpha value is -1.19. The van der Waals surface area contributed by atoms with Crippen LogP contribution >= 0.6 is 0 Å². The van der Waals surface area contributed by atoms with Crippen LogP contribution in [0, 0.1) is 0 Å². The van der Waals surface area contributed by atoms with E-state index in [1.807, 2.05) is 0 Å². The lowest BCUT2D eigenvalue weighted by molar-refractivity contribution is -0.148. The molecule has 0 amide bonds. The highest BCUT2D eigenvalue weighted by Crippen LogP contribution is 2.09. The Balaban J connectivity index is 5.04. The maximum Gasteiger partial charge on any atom is 0.336 e. The van der Waals surface area contributed by atoms with E-state index in [0.717, 1.165) is 0 Å². The highest BCUT2D eigenvalue weighted by molar-refractivity contribution is 7.83. The van der Waals surface area contributed by atoms with Gasteiger partial charge in [0.1, 0.15) is 6.04 Å². The Kier molecular flexibility index (Phi) is 4.65. The largest absolute Gasteiger partial charge is 0.481 e. The smallest absolute Gasteiger partial charge is 0.336 e. The van der Waals surface area contributed by atoms with Gasteiger partial charge in [0.05, 0.1) is 6.42 Å². The van der Waals surface area contributed by atoms with Crippen LogP contribution in [-0.4, -0.2) is 52.0 Å². The second-order valence-corrected chi connectivity index (χ2v) is 4.00. The number of aliphatic carboxylic acids is 2.